The van der Waals surface area contributed by atoms with Crippen LogP contribution in [0.4, 0.5) is 0 Å². The van der Waals surface area contributed by atoms with Crippen molar-refractivity contribution in [3.8, 4) is 5.75 Å². The molecule has 0 aliphatic carbocycles. The first-order valence-corrected chi connectivity index (χ1v) is 7.19. The number of hydrogen-bond donors (Lipinski definition) is 0. The molecule has 0 saturated carbocycles. The lowest BCUT2D eigenvalue weighted by Gasteiger charge is -2.16. The van der Waals surface area contributed by atoms with E-state index in [0.29, 0.717) is 36.8 Å². The Bertz CT molecular complexity index is 478. The number of ether oxygens (including phenoxy) is 2. The molecule has 0 spiro atoms. The number of benzene rings is 1. The number of rotatable bonds is 8. The molecule has 1 rings (SSSR count). The van der Waals surface area contributed by atoms with Crippen molar-refractivity contribution in [3.05, 3.63) is 29.3 Å². The highest BCUT2D eigenvalue weighted by atomic mass is 35.5. The minimum Gasteiger partial charge on any atom is -0.492 e. The minimum atomic E-state index is -0.402. The topological polar surface area (TPSA) is 55.8 Å². The van der Waals surface area contributed by atoms with Crippen molar-refractivity contribution in [2.45, 2.75) is 19.8 Å². The van der Waals surface area contributed by atoms with Crippen LogP contribution in [0.3, 0.4) is 0 Å². The summed E-state index contributed by atoms with van der Waals surface area (Å²) in [6, 6.07) is 7.18. The molecule has 0 heterocycles. The molecule has 0 aliphatic rings. The fourth-order valence-corrected chi connectivity index (χ4v) is 1.84. The zero-order chi connectivity index (χ0) is 15.7. The van der Waals surface area contributed by atoms with E-state index in [2.05, 4.69) is 0 Å². The number of carbonyl (C=O) groups excluding carboxylic acids is 2. The highest BCUT2D eigenvalue weighted by Crippen LogP contribution is 2.23. The second-order valence-electron chi connectivity index (χ2n) is 4.44. The number of carbonyl (C=O) groups is 2. The van der Waals surface area contributed by atoms with Crippen molar-refractivity contribution in [1.82, 2.24) is 4.90 Å². The van der Waals surface area contributed by atoms with Crippen molar-refractivity contribution in [3.63, 3.8) is 0 Å². The summed E-state index contributed by atoms with van der Waals surface area (Å²) < 4.78 is 10.3. The maximum absolute atomic E-state index is 11.8. The van der Waals surface area contributed by atoms with E-state index < -0.39 is 5.97 Å². The summed E-state index contributed by atoms with van der Waals surface area (Å²) in [4.78, 5) is 24.4. The summed E-state index contributed by atoms with van der Waals surface area (Å²) in [5, 5.41) is 0.545. The van der Waals surface area contributed by atoms with Gasteiger partial charge in [-0.2, -0.15) is 0 Å². The second kappa shape index (κ2) is 9.23. The Morgan fingerprint density at radius 1 is 1.29 bits per heavy atom. The molecule has 0 aromatic heterocycles. The molecule has 0 atom stereocenters. The molecule has 0 fully saturated rings. The standard InChI is InChI=1S/C15H20ClNO4/c1-3-20-15(19)11-17(2)14(18)9-6-10-21-13-8-5-4-7-12(13)16/h4-5,7-8H,3,6,9-11H2,1-2H3. The lowest BCUT2D eigenvalue weighted by atomic mass is 10.3. The second-order valence-corrected chi connectivity index (χ2v) is 4.84. The van der Waals surface area contributed by atoms with Gasteiger partial charge >= 0.3 is 5.97 Å². The predicted octanol–water partition coefficient (Wildman–Crippen LogP) is 2.52. The van der Waals surface area contributed by atoms with Gasteiger partial charge in [0.15, 0.2) is 0 Å². The Kier molecular flexibility index (Phi) is 7.61. The lowest BCUT2D eigenvalue weighted by molar-refractivity contribution is -0.148. The molecule has 0 bridgehead atoms. The van der Waals surface area contributed by atoms with E-state index in [4.69, 9.17) is 21.1 Å². The van der Waals surface area contributed by atoms with Gasteiger partial charge < -0.3 is 14.4 Å². The number of nitrogens with zero attached hydrogens (tertiary/aromatic N) is 1. The van der Waals surface area contributed by atoms with E-state index in [-0.39, 0.29) is 12.5 Å². The van der Waals surface area contributed by atoms with E-state index in [0.717, 1.165) is 0 Å². The molecule has 0 unspecified atom stereocenters. The van der Waals surface area contributed by atoms with E-state index in [1.54, 1.807) is 26.1 Å². The first-order chi connectivity index (χ1) is 10.0. The fourth-order valence-electron chi connectivity index (χ4n) is 1.65. The SMILES string of the molecule is CCOC(=O)CN(C)C(=O)CCCOc1ccccc1Cl. The van der Waals surface area contributed by atoms with Gasteiger partial charge in [-0.3, -0.25) is 9.59 Å². The third kappa shape index (κ3) is 6.49. The van der Waals surface area contributed by atoms with Gasteiger partial charge in [-0.05, 0) is 25.5 Å². The van der Waals surface area contributed by atoms with E-state index >= 15 is 0 Å². The van der Waals surface area contributed by atoms with Gasteiger partial charge in [-0.1, -0.05) is 23.7 Å². The third-order valence-electron chi connectivity index (χ3n) is 2.73. The summed E-state index contributed by atoms with van der Waals surface area (Å²) >= 11 is 5.95. The van der Waals surface area contributed by atoms with Gasteiger partial charge in [0.05, 0.1) is 18.2 Å². The summed E-state index contributed by atoms with van der Waals surface area (Å²) in [5.74, 6) is 0.0815. The Balaban J connectivity index is 2.24. The predicted molar refractivity (Wildman–Crippen MR) is 80.5 cm³/mol. The molecule has 1 aromatic rings. The third-order valence-corrected chi connectivity index (χ3v) is 3.04. The van der Waals surface area contributed by atoms with E-state index in [1.807, 2.05) is 12.1 Å². The van der Waals surface area contributed by atoms with Gasteiger partial charge in [-0.25, -0.2) is 0 Å². The smallest absolute Gasteiger partial charge is 0.325 e. The number of esters is 1. The average molecular weight is 314 g/mol. The molecule has 6 heteroatoms. The van der Waals surface area contributed by atoms with E-state index in [1.165, 1.54) is 4.90 Å². The molecule has 21 heavy (non-hydrogen) atoms. The Hall–Kier alpha value is -1.75. The minimum absolute atomic E-state index is 0.0297. The highest BCUT2D eigenvalue weighted by Gasteiger charge is 2.13. The van der Waals surface area contributed by atoms with Crippen LogP contribution in [0, 0.1) is 0 Å². The molecule has 0 saturated heterocycles. The zero-order valence-electron chi connectivity index (χ0n) is 12.3. The summed E-state index contributed by atoms with van der Waals surface area (Å²) in [5.41, 5.74) is 0. The van der Waals surface area contributed by atoms with Crippen molar-refractivity contribution >= 4 is 23.5 Å². The molecule has 0 N–H and O–H groups in total. The number of hydrogen-bond acceptors (Lipinski definition) is 4. The van der Waals surface area contributed by atoms with Crippen molar-refractivity contribution in [1.29, 1.82) is 0 Å². The van der Waals surface area contributed by atoms with Crippen molar-refractivity contribution in [2.75, 3.05) is 26.8 Å². The maximum atomic E-state index is 11.8. The molecule has 1 aromatic carbocycles. The molecule has 1 amide bonds. The number of halogens is 1. The number of para-hydroxylation sites is 1. The van der Waals surface area contributed by atoms with Gasteiger partial charge in [0.25, 0.3) is 0 Å². The largest absolute Gasteiger partial charge is 0.492 e. The van der Waals surface area contributed by atoms with Gasteiger partial charge in [0.1, 0.15) is 12.3 Å². The molecular weight excluding hydrogens is 294 g/mol. The Morgan fingerprint density at radius 3 is 2.67 bits per heavy atom. The summed E-state index contributed by atoms with van der Waals surface area (Å²) in [6.45, 7) is 2.40. The number of likely N-dealkylation sites (N-methyl/N-ethyl adjacent to an activating group) is 1. The average Bonchev–Trinajstić information content (AvgIpc) is 2.45. The first kappa shape index (κ1) is 17.3. The van der Waals surface area contributed by atoms with Gasteiger partial charge in [-0.15, -0.1) is 0 Å². The van der Waals surface area contributed by atoms with Gasteiger partial charge in [0.2, 0.25) is 5.91 Å². The maximum Gasteiger partial charge on any atom is 0.325 e. The van der Waals surface area contributed by atoms with Crippen LogP contribution in [0.25, 0.3) is 0 Å². The van der Waals surface area contributed by atoms with Crippen molar-refractivity contribution in [2.24, 2.45) is 0 Å². The molecule has 0 aliphatic heterocycles. The Labute approximate surface area is 129 Å². The number of amides is 1. The van der Waals surface area contributed by atoms with E-state index in [9.17, 15) is 9.59 Å². The van der Waals surface area contributed by atoms with Crippen LogP contribution in [0.2, 0.25) is 5.02 Å². The van der Waals surface area contributed by atoms with Crippen LogP contribution in [0.1, 0.15) is 19.8 Å². The molecule has 5 nitrogen and oxygen atoms in total. The zero-order valence-corrected chi connectivity index (χ0v) is 13.1. The van der Waals surface area contributed by atoms with Crippen LogP contribution in [-0.4, -0.2) is 43.6 Å². The monoisotopic (exact) mass is 313 g/mol. The first-order valence-electron chi connectivity index (χ1n) is 6.81. The van der Waals surface area contributed by atoms with Crippen LogP contribution in [0.5, 0.6) is 5.75 Å². The quantitative estimate of drug-likeness (QED) is 0.546. The Morgan fingerprint density at radius 2 is 2.00 bits per heavy atom. The highest BCUT2D eigenvalue weighted by molar-refractivity contribution is 6.32. The van der Waals surface area contributed by atoms with Crippen LogP contribution in [0.15, 0.2) is 24.3 Å². The van der Waals surface area contributed by atoms with Crippen LogP contribution in [-0.2, 0) is 14.3 Å². The van der Waals surface area contributed by atoms with Gasteiger partial charge in [0, 0.05) is 13.5 Å². The fraction of sp³-hybridized carbons (Fsp3) is 0.467. The normalized spacial score (nSPS) is 10.0. The molecule has 116 valence electrons. The molecular formula is C15H20ClNO4. The van der Waals surface area contributed by atoms with Crippen LogP contribution < -0.4 is 4.74 Å². The lowest BCUT2D eigenvalue weighted by Crippen LogP contribution is -2.33. The van der Waals surface area contributed by atoms with Crippen molar-refractivity contribution < 1.29 is 19.1 Å². The molecule has 0 radical (unpaired) electrons. The summed E-state index contributed by atoms with van der Waals surface area (Å²) in [6.07, 6.45) is 0.859. The summed E-state index contributed by atoms with van der Waals surface area (Å²) in [7, 11) is 1.58. The van der Waals surface area contributed by atoms with Crippen LogP contribution >= 0.6 is 11.6 Å².